The minimum atomic E-state index is -0.562. The van der Waals surface area contributed by atoms with Gasteiger partial charge in [0.1, 0.15) is 4.88 Å². The zero-order valence-electron chi connectivity index (χ0n) is 13.5. The van der Waals surface area contributed by atoms with Crippen molar-refractivity contribution in [3.63, 3.8) is 0 Å². The number of fused-ring (bicyclic) bond motifs is 2. The molecule has 8 nitrogen and oxygen atoms in total. The fraction of sp³-hybridized carbons (Fsp3) is 0.0588. The molecule has 1 amide bonds. The van der Waals surface area contributed by atoms with Crippen molar-refractivity contribution in [1.29, 1.82) is 0 Å². The lowest BCUT2D eigenvalue weighted by Gasteiger charge is -2.01. The smallest absolute Gasteiger partial charge is 0.283 e. The van der Waals surface area contributed by atoms with E-state index < -0.39 is 10.8 Å². The normalized spacial score (nSPS) is 12.6. The molecule has 10 heteroatoms. The minimum absolute atomic E-state index is 0.00570. The number of hydrazone groups is 1. The molecule has 0 atom stereocenters. The molecule has 1 N–H and O–H groups in total. The van der Waals surface area contributed by atoms with Crippen LogP contribution in [0.25, 0.3) is 10.1 Å². The summed E-state index contributed by atoms with van der Waals surface area (Å²) in [5.74, 6) is 0.168. The first kappa shape index (κ1) is 17.3. The number of carbonyl (C=O) groups is 1. The third-order valence-electron chi connectivity index (χ3n) is 3.83. The van der Waals surface area contributed by atoms with Crippen molar-refractivity contribution in [2.75, 3.05) is 6.79 Å². The van der Waals surface area contributed by atoms with Gasteiger partial charge in [-0.1, -0.05) is 29.8 Å². The first-order chi connectivity index (χ1) is 13.0. The number of hydrogen-bond acceptors (Lipinski definition) is 7. The number of thiophene rings is 1. The number of rotatable bonds is 4. The second-order valence-corrected chi connectivity index (χ2v) is 6.89. The molecule has 3 aromatic rings. The van der Waals surface area contributed by atoms with Gasteiger partial charge in [0.25, 0.3) is 11.6 Å². The van der Waals surface area contributed by atoms with Crippen LogP contribution in [-0.2, 0) is 0 Å². The molecule has 0 aliphatic carbocycles. The first-order valence-electron chi connectivity index (χ1n) is 7.63. The maximum atomic E-state index is 12.4. The second-order valence-electron chi connectivity index (χ2n) is 5.46. The van der Waals surface area contributed by atoms with Crippen molar-refractivity contribution in [2.24, 2.45) is 5.10 Å². The van der Waals surface area contributed by atoms with Gasteiger partial charge in [-0.25, -0.2) is 5.43 Å². The molecular formula is C17H10ClN3O5S. The molecule has 0 spiro atoms. The number of halogens is 1. The summed E-state index contributed by atoms with van der Waals surface area (Å²) in [6, 6.07) is 10.1. The summed E-state index contributed by atoms with van der Waals surface area (Å²) in [6.07, 6.45) is 1.18. The molecule has 0 unspecified atom stereocenters. The van der Waals surface area contributed by atoms with E-state index in [-0.39, 0.29) is 18.0 Å². The third kappa shape index (κ3) is 3.18. The molecule has 2 heterocycles. The van der Waals surface area contributed by atoms with Crippen LogP contribution >= 0.6 is 22.9 Å². The molecule has 1 aliphatic heterocycles. The van der Waals surface area contributed by atoms with E-state index in [0.29, 0.717) is 21.4 Å². The zero-order valence-corrected chi connectivity index (χ0v) is 15.0. The largest absolute Gasteiger partial charge is 0.454 e. The van der Waals surface area contributed by atoms with Gasteiger partial charge in [-0.3, -0.25) is 14.9 Å². The molecule has 0 radical (unpaired) electrons. The van der Waals surface area contributed by atoms with Crippen molar-refractivity contribution >= 4 is 50.8 Å². The average Bonchev–Trinajstić information content (AvgIpc) is 3.25. The summed E-state index contributed by atoms with van der Waals surface area (Å²) in [7, 11) is 0. The van der Waals surface area contributed by atoms with Crippen LogP contribution in [0.3, 0.4) is 0 Å². The Labute approximate surface area is 161 Å². The molecule has 1 aromatic heterocycles. The van der Waals surface area contributed by atoms with E-state index in [2.05, 4.69) is 10.5 Å². The fourth-order valence-corrected chi connectivity index (χ4v) is 3.99. The Kier molecular flexibility index (Phi) is 4.38. The molecule has 27 heavy (non-hydrogen) atoms. The molecule has 1 aliphatic rings. The van der Waals surface area contributed by atoms with Gasteiger partial charge in [0.2, 0.25) is 6.79 Å². The lowest BCUT2D eigenvalue weighted by Crippen LogP contribution is -2.16. The van der Waals surface area contributed by atoms with Crippen molar-refractivity contribution in [1.82, 2.24) is 5.43 Å². The van der Waals surface area contributed by atoms with Gasteiger partial charge in [0, 0.05) is 10.1 Å². The molecule has 0 saturated carbocycles. The summed E-state index contributed by atoms with van der Waals surface area (Å²) in [5, 5.41) is 16.2. The predicted molar refractivity (Wildman–Crippen MR) is 101 cm³/mol. The fourth-order valence-electron chi connectivity index (χ4n) is 2.58. The summed E-state index contributed by atoms with van der Waals surface area (Å²) < 4.78 is 11.2. The maximum absolute atomic E-state index is 12.4. The van der Waals surface area contributed by atoms with Crippen LogP contribution in [0.5, 0.6) is 11.5 Å². The van der Waals surface area contributed by atoms with E-state index in [9.17, 15) is 14.9 Å². The van der Waals surface area contributed by atoms with Crippen molar-refractivity contribution in [3.05, 3.63) is 62.0 Å². The quantitative estimate of drug-likeness (QED) is 0.403. The molecule has 2 aromatic carbocycles. The highest BCUT2D eigenvalue weighted by Crippen LogP contribution is 2.37. The molecule has 0 fully saturated rings. The number of carbonyl (C=O) groups excluding carboxylic acids is 1. The Morgan fingerprint density at radius 1 is 1.30 bits per heavy atom. The highest BCUT2D eigenvalue weighted by Gasteiger charge is 2.22. The minimum Gasteiger partial charge on any atom is -0.454 e. The molecule has 4 rings (SSSR count). The van der Waals surface area contributed by atoms with E-state index in [0.717, 1.165) is 10.1 Å². The summed E-state index contributed by atoms with van der Waals surface area (Å²) in [4.78, 5) is 23.3. The average molecular weight is 404 g/mol. The highest BCUT2D eigenvalue weighted by atomic mass is 35.5. The van der Waals surface area contributed by atoms with Crippen molar-refractivity contribution in [2.45, 2.75) is 0 Å². The van der Waals surface area contributed by atoms with Crippen molar-refractivity contribution < 1.29 is 19.2 Å². The van der Waals surface area contributed by atoms with Gasteiger partial charge in [0.05, 0.1) is 27.8 Å². The number of nitrogens with one attached hydrogen (secondary N) is 1. The zero-order chi connectivity index (χ0) is 19.0. The highest BCUT2D eigenvalue weighted by molar-refractivity contribution is 7.21. The topological polar surface area (TPSA) is 103 Å². The van der Waals surface area contributed by atoms with Crippen LogP contribution in [0.1, 0.15) is 15.2 Å². The van der Waals surface area contributed by atoms with Crippen LogP contribution in [0.2, 0.25) is 5.02 Å². The van der Waals surface area contributed by atoms with Gasteiger partial charge in [-0.05, 0) is 12.1 Å². The monoisotopic (exact) mass is 403 g/mol. The lowest BCUT2D eigenvalue weighted by atomic mass is 10.1. The van der Waals surface area contributed by atoms with Crippen LogP contribution < -0.4 is 14.9 Å². The molecule has 0 bridgehead atoms. The third-order valence-corrected chi connectivity index (χ3v) is 5.50. The molecule has 136 valence electrons. The van der Waals surface area contributed by atoms with Crippen LogP contribution in [-0.4, -0.2) is 23.8 Å². The Hall–Kier alpha value is -3.17. The van der Waals surface area contributed by atoms with Crippen LogP contribution in [0.15, 0.2) is 41.5 Å². The summed E-state index contributed by atoms with van der Waals surface area (Å²) in [6.45, 7) is -0.00570. The van der Waals surface area contributed by atoms with E-state index in [1.807, 2.05) is 24.3 Å². The second kappa shape index (κ2) is 6.86. The van der Waals surface area contributed by atoms with E-state index in [1.165, 1.54) is 29.7 Å². The van der Waals surface area contributed by atoms with Crippen LogP contribution in [0, 0.1) is 10.1 Å². The summed E-state index contributed by atoms with van der Waals surface area (Å²) in [5.41, 5.74) is 2.31. The Morgan fingerprint density at radius 2 is 2.04 bits per heavy atom. The summed E-state index contributed by atoms with van der Waals surface area (Å²) >= 11 is 7.50. The van der Waals surface area contributed by atoms with E-state index in [1.54, 1.807) is 0 Å². The number of nitro benzene ring substituents is 1. The molecule has 0 saturated heterocycles. The standard InChI is InChI=1S/C17H10ClN3O5S/c18-15-10-3-1-2-4-14(10)27-16(15)17(22)20-19-7-9-5-12-13(26-8-25-12)6-11(9)21(23)24/h1-7H,8H2,(H,20,22)/b19-7-. The van der Waals surface area contributed by atoms with Gasteiger partial charge in [0.15, 0.2) is 11.5 Å². The van der Waals surface area contributed by atoms with E-state index >= 15 is 0 Å². The number of hydrogen-bond donors (Lipinski definition) is 1. The maximum Gasteiger partial charge on any atom is 0.283 e. The van der Waals surface area contributed by atoms with Crippen molar-refractivity contribution in [3.8, 4) is 11.5 Å². The Morgan fingerprint density at radius 3 is 2.78 bits per heavy atom. The predicted octanol–water partition coefficient (Wildman–Crippen LogP) is 3.96. The lowest BCUT2D eigenvalue weighted by molar-refractivity contribution is -0.385. The number of nitrogens with zero attached hydrogens (tertiary/aromatic N) is 2. The molecular weight excluding hydrogens is 394 g/mol. The number of ether oxygens (including phenoxy) is 2. The number of benzene rings is 2. The van der Waals surface area contributed by atoms with Crippen LogP contribution in [0.4, 0.5) is 5.69 Å². The first-order valence-corrected chi connectivity index (χ1v) is 8.82. The SMILES string of the molecule is O=C(N/N=C\c1cc2c(cc1[N+](=O)[O-])OCO2)c1sc2ccccc2c1Cl. The van der Waals surface area contributed by atoms with Gasteiger partial charge < -0.3 is 9.47 Å². The van der Waals surface area contributed by atoms with Gasteiger partial charge >= 0.3 is 0 Å². The number of amides is 1. The Balaban J connectivity index is 1.58. The Bertz CT molecular complexity index is 1110. The number of nitro groups is 1. The van der Waals surface area contributed by atoms with Gasteiger partial charge in [-0.2, -0.15) is 5.10 Å². The van der Waals surface area contributed by atoms with E-state index in [4.69, 9.17) is 21.1 Å². The van der Waals surface area contributed by atoms with Gasteiger partial charge in [-0.15, -0.1) is 11.3 Å².